The molecule has 160 valence electrons. The monoisotopic (exact) mass is 422 g/mol. The van der Waals surface area contributed by atoms with Crippen LogP contribution in [0, 0.1) is 11.5 Å². The highest BCUT2D eigenvalue weighted by atomic mass is 32.2. The van der Waals surface area contributed by atoms with Crippen molar-refractivity contribution in [2.75, 3.05) is 39.0 Å². The lowest BCUT2D eigenvalue weighted by Gasteiger charge is -2.27. The average Bonchev–Trinajstić information content (AvgIpc) is 2.72. The van der Waals surface area contributed by atoms with Gasteiger partial charge in [-0.1, -0.05) is 55.9 Å². The van der Waals surface area contributed by atoms with E-state index < -0.39 is 11.9 Å². The van der Waals surface area contributed by atoms with Gasteiger partial charge in [-0.25, -0.2) is 9.59 Å². The Morgan fingerprint density at radius 3 is 2.10 bits per heavy atom. The lowest BCUT2D eigenvalue weighted by molar-refractivity contribution is -0.159. The summed E-state index contributed by atoms with van der Waals surface area (Å²) in [5, 5.41) is 24.5. The number of nitrogens with zero attached hydrogens (tertiary/aromatic N) is 4. The second kappa shape index (κ2) is 16.4. The van der Waals surface area contributed by atoms with Gasteiger partial charge in [0.15, 0.2) is 5.17 Å². The van der Waals surface area contributed by atoms with Crippen LogP contribution < -0.4 is 0 Å². The fourth-order valence-corrected chi connectivity index (χ4v) is 3.08. The summed E-state index contributed by atoms with van der Waals surface area (Å²) in [6.07, 6.45) is 6.03. The van der Waals surface area contributed by atoms with Crippen molar-refractivity contribution in [1.29, 1.82) is 5.26 Å². The summed E-state index contributed by atoms with van der Waals surface area (Å²) in [4.78, 5) is 26.8. The van der Waals surface area contributed by atoms with E-state index in [0.29, 0.717) is 0 Å². The van der Waals surface area contributed by atoms with Gasteiger partial charge in [-0.05, 0) is 37.8 Å². The van der Waals surface area contributed by atoms with Gasteiger partial charge in [0.25, 0.3) is 0 Å². The largest absolute Gasteiger partial charge is 0.473 e. The Balaban J connectivity index is 0.00000113. The van der Waals surface area contributed by atoms with E-state index in [9.17, 15) is 0 Å². The molecule has 8 nitrogen and oxygen atoms in total. The maximum atomic E-state index is 9.10. The van der Waals surface area contributed by atoms with Crippen LogP contribution in [-0.4, -0.2) is 76.1 Å². The molecule has 0 atom stereocenters. The summed E-state index contributed by atoms with van der Waals surface area (Å²) in [5.41, 5.74) is 1.36. The standard InChI is InChI=1S/C18H28N4S.C2H2O4/c1-4-21(5-2)14-15-22(18(23-3)20-16-19)13-9-12-17-10-7-6-8-11-17;3-1(4)2(5)6/h6-8,10-11H,4-5,9,12-15H2,1-3H3;(H,3,4)(H,5,6)/b20-18-;. The minimum atomic E-state index is -1.82. The molecule has 0 aliphatic carbocycles. The van der Waals surface area contributed by atoms with Crippen LogP contribution in [0.5, 0.6) is 0 Å². The van der Waals surface area contributed by atoms with Gasteiger partial charge in [-0.3, -0.25) is 0 Å². The van der Waals surface area contributed by atoms with Crippen molar-refractivity contribution in [1.82, 2.24) is 9.80 Å². The molecule has 29 heavy (non-hydrogen) atoms. The molecule has 1 aromatic carbocycles. The number of aliphatic imine (C=N–C) groups is 1. The van der Waals surface area contributed by atoms with E-state index in [1.807, 2.05) is 18.5 Å². The summed E-state index contributed by atoms with van der Waals surface area (Å²) in [5.74, 6) is -3.65. The minimum absolute atomic E-state index is 0.827. The number of thioether (sulfide) groups is 1. The number of likely N-dealkylation sites (N-methyl/N-ethyl adjacent to an activating group) is 1. The molecule has 0 bridgehead atoms. The molecule has 1 aromatic rings. The van der Waals surface area contributed by atoms with Crippen LogP contribution in [0.4, 0.5) is 0 Å². The first-order valence-electron chi connectivity index (χ1n) is 9.37. The first-order valence-corrected chi connectivity index (χ1v) is 10.6. The molecule has 9 heteroatoms. The Morgan fingerprint density at radius 2 is 1.66 bits per heavy atom. The molecular formula is C20H30N4O4S. The van der Waals surface area contributed by atoms with Crippen molar-refractivity contribution in [3.05, 3.63) is 35.9 Å². The zero-order valence-corrected chi connectivity index (χ0v) is 18.1. The zero-order valence-electron chi connectivity index (χ0n) is 17.2. The summed E-state index contributed by atoms with van der Waals surface area (Å²) < 4.78 is 0. The molecule has 0 amide bonds. The molecule has 0 heterocycles. The van der Waals surface area contributed by atoms with E-state index in [4.69, 9.17) is 25.1 Å². The van der Waals surface area contributed by atoms with Gasteiger partial charge in [0.05, 0.1) is 0 Å². The van der Waals surface area contributed by atoms with E-state index >= 15 is 0 Å². The average molecular weight is 423 g/mol. The number of hydrogen-bond donors (Lipinski definition) is 2. The Morgan fingerprint density at radius 1 is 1.07 bits per heavy atom. The third kappa shape index (κ3) is 12.5. The number of aryl methyl sites for hydroxylation is 1. The Hall–Kier alpha value is -2.57. The molecule has 0 aliphatic heterocycles. The summed E-state index contributed by atoms with van der Waals surface area (Å²) in [6.45, 7) is 9.32. The van der Waals surface area contributed by atoms with Crippen LogP contribution in [-0.2, 0) is 16.0 Å². The molecule has 2 N–H and O–H groups in total. The predicted octanol–water partition coefficient (Wildman–Crippen LogP) is 2.62. The molecule has 0 saturated heterocycles. The fourth-order valence-electron chi connectivity index (χ4n) is 2.51. The third-order valence-corrected chi connectivity index (χ3v) is 4.81. The summed E-state index contributed by atoms with van der Waals surface area (Å²) in [7, 11) is 0. The molecule has 0 spiro atoms. The normalized spacial score (nSPS) is 10.7. The highest BCUT2D eigenvalue weighted by Gasteiger charge is 2.12. The van der Waals surface area contributed by atoms with Crippen LogP contribution in [0.15, 0.2) is 35.3 Å². The van der Waals surface area contributed by atoms with Gasteiger partial charge >= 0.3 is 11.9 Å². The number of benzene rings is 1. The number of hydrogen-bond acceptors (Lipinski definition) is 6. The van der Waals surface area contributed by atoms with Crippen LogP contribution in [0.2, 0.25) is 0 Å². The minimum Gasteiger partial charge on any atom is -0.473 e. The first-order chi connectivity index (χ1) is 13.9. The van der Waals surface area contributed by atoms with E-state index in [2.05, 4.69) is 52.9 Å². The van der Waals surface area contributed by atoms with E-state index in [1.165, 1.54) is 5.56 Å². The van der Waals surface area contributed by atoms with Crippen LogP contribution in [0.25, 0.3) is 0 Å². The van der Waals surface area contributed by atoms with E-state index in [1.54, 1.807) is 11.8 Å². The number of amidine groups is 1. The maximum absolute atomic E-state index is 9.10. The molecule has 0 fully saturated rings. The first kappa shape index (κ1) is 26.4. The van der Waals surface area contributed by atoms with Crippen molar-refractivity contribution >= 4 is 28.9 Å². The Labute approximate surface area is 176 Å². The number of carboxylic acids is 2. The molecule has 1 rings (SSSR count). The van der Waals surface area contributed by atoms with Crippen molar-refractivity contribution in [3.63, 3.8) is 0 Å². The topological polar surface area (TPSA) is 117 Å². The van der Waals surface area contributed by atoms with Crippen molar-refractivity contribution < 1.29 is 19.8 Å². The molecule has 0 aromatic heterocycles. The van der Waals surface area contributed by atoms with E-state index in [0.717, 1.165) is 50.7 Å². The van der Waals surface area contributed by atoms with Gasteiger partial charge in [-0.2, -0.15) is 5.26 Å². The van der Waals surface area contributed by atoms with Gasteiger partial charge in [0.2, 0.25) is 6.19 Å². The van der Waals surface area contributed by atoms with Crippen molar-refractivity contribution in [3.8, 4) is 6.19 Å². The zero-order chi connectivity index (χ0) is 22.1. The molecule has 0 saturated carbocycles. The molecule has 0 aliphatic rings. The highest BCUT2D eigenvalue weighted by molar-refractivity contribution is 8.13. The number of carboxylic acid groups (broad SMARTS) is 2. The van der Waals surface area contributed by atoms with Crippen LogP contribution >= 0.6 is 11.8 Å². The Kier molecular flexibility index (Phi) is 14.9. The number of aliphatic carboxylic acids is 2. The van der Waals surface area contributed by atoms with Gasteiger partial charge in [0, 0.05) is 19.6 Å². The lowest BCUT2D eigenvalue weighted by Crippen LogP contribution is -2.38. The maximum Gasteiger partial charge on any atom is 0.414 e. The number of carbonyl (C=O) groups is 2. The fraction of sp³-hybridized carbons (Fsp3) is 0.500. The second-order valence-corrected chi connectivity index (χ2v) is 6.69. The molecule has 0 unspecified atom stereocenters. The van der Waals surface area contributed by atoms with Gasteiger partial charge in [0.1, 0.15) is 0 Å². The number of nitriles is 1. The SMILES string of the molecule is CCN(CC)CCN(CCCc1ccccc1)/C(=N/C#N)SC.O=C(O)C(=O)O. The predicted molar refractivity (Wildman–Crippen MR) is 116 cm³/mol. The van der Waals surface area contributed by atoms with Crippen LogP contribution in [0.1, 0.15) is 25.8 Å². The lowest BCUT2D eigenvalue weighted by atomic mass is 10.1. The quantitative estimate of drug-likeness (QED) is 0.270. The van der Waals surface area contributed by atoms with Crippen molar-refractivity contribution in [2.24, 2.45) is 4.99 Å². The van der Waals surface area contributed by atoms with Crippen molar-refractivity contribution in [2.45, 2.75) is 26.7 Å². The second-order valence-electron chi connectivity index (χ2n) is 5.91. The smallest absolute Gasteiger partial charge is 0.414 e. The number of rotatable bonds is 9. The van der Waals surface area contributed by atoms with Gasteiger partial charge < -0.3 is 20.0 Å². The van der Waals surface area contributed by atoms with Gasteiger partial charge in [-0.15, -0.1) is 4.99 Å². The summed E-state index contributed by atoms with van der Waals surface area (Å²) >= 11 is 1.55. The molecule has 0 radical (unpaired) electrons. The Bertz CT molecular complexity index is 661. The molecular weight excluding hydrogens is 392 g/mol. The van der Waals surface area contributed by atoms with Crippen LogP contribution in [0.3, 0.4) is 0 Å². The third-order valence-electron chi connectivity index (χ3n) is 4.10. The highest BCUT2D eigenvalue weighted by Crippen LogP contribution is 2.09. The van der Waals surface area contributed by atoms with E-state index in [-0.39, 0.29) is 0 Å². The summed E-state index contributed by atoms with van der Waals surface area (Å²) in [6, 6.07) is 10.5.